The molecular weight excluding hydrogens is 246 g/mol. The first-order chi connectivity index (χ1) is 8.03. The normalized spacial score (nSPS) is 22.5. The summed E-state index contributed by atoms with van der Waals surface area (Å²) in [5.74, 6) is -1.11. The molecule has 1 aromatic rings. The number of hydrogen-bond acceptors (Lipinski definition) is 4. The topological polar surface area (TPSA) is 87.8 Å². The molecule has 1 aliphatic heterocycles. The zero-order valence-electron chi connectivity index (χ0n) is 9.07. The van der Waals surface area contributed by atoms with Gasteiger partial charge in [0, 0.05) is 6.54 Å². The molecule has 2 heterocycles. The highest BCUT2D eigenvalue weighted by molar-refractivity contribution is 7.89. The van der Waals surface area contributed by atoms with Crippen molar-refractivity contribution in [2.75, 3.05) is 6.54 Å². The highest BCUT2D eigenvalue weighted by Gasteiger charge is 2.38. The van der Waals surface area contributed by atoms with Gasteiger partial charge in [0.25, 0.3) is 10.0 Å². The van der Waals surface area contributed by atoms with Crippen LogP contribution in [-0.4, -0.2) is 36.4 Å². The zero-order chi connectivity index (χ0) is 12.5. The van der Waals surface area contributed by atoms with E-state index in [4.69, 9.17) is 9.52 Å². The number of nitrogens with zero attached hydrogens (tertiary/aromatic N) is 1. The predicted molar refractivity (Wildman–Crippen MR) is 57.9 cm³/mol. The van der Waals surface area contributed by atoms with Crippen LogP contribution in [0.1, 0.15) is 19.3 Å². The van der Waals surface area contributed by atoms with E-state index < -0.39 is 22.0 Å². The molecule has 2 rings (SSSR count). The minimum absolute atomic E-state index is 0.203. The summed E-state index contributed by atoms with van der Waals surface area (Å²) >= 11 is 0. The Hall–Kier alpha value is -1.34. The summed E-state index contributed by atoms with van der Waals surface area (Å²) in [4.78, 5) is 11.0. The number of sulfonamides is 1. The van der Waals surface area contributed by atoms with Gasteiger partial charge in [-0.1, -0.05) is 0 Å². The zero-order valence-corrected chi connectivity index (χ0v) is 9.89. The summed E-state index contributed by atoms with van der Waals surface area (Å²) in [5, 5.41) is 8.83. The lowest BCUT2D eigenvalue weighted by atomic mass is 10.1. The number of aliphatic carboxylic acids is 1. The molecule has 0 bridgehead atoms. The highest BCUT2D eigenvalue weighted by Crippen LogP contribution is 2.25. The van der Waals surface area contributed by atoms with E-state index in [1.54, 1.807) is 0 Å². The van der Waals surface area contributed by atoms with E-state index in [0.29, 0.717) is 12.8 Å². The molecule has 0 amide bonds. The van der Waals surface area contributed by atoms with Gasteiger partial charge in [-0.05, 0) is 31.4 Å². The van der Waals surface area contributed by atoms with Crippen molar-refractivity contribution in [3.63, 3.8) is 0 Å². The van der Waals surface area contributed by atoms with Crippen LogP contribution in [0.2, 0.25) is 0 Å². The van der Waals surface area contributed by atoms with Gasteiger partial charge < -0.3 is 9.52 Å². The highest BCUT2D eigenvalue weighted by atomic mass is 32.2. The molecular formula is C10H13NO5S. The first-order valence-electron chi connectivity index (χ1n) is 5.31. The molecule has 1 aliphatic rings. The Morgan fingerprint density at radius 2 is 2.24 bits per heavy atom. The Labute approximate surface area is 98.9 Å². The van der Waals surface area contributed by atoms with Crippen molar-refractivity contribution in [2.24, 2.45) is 0 Å². The Kier molecular flexibility index (Phi) is 3.21. The number of piperidine rings is 1. The molecule has 0 aliphatic carbocycles. The van der Waals surface area contributed by atoms with E-state index in [1.807, 2.05) is 0 Å². The van der Waals surface area contributed by atoms with Gasteiger partial charge in [0.15, 0.2) is 0 Å². The lowest BCUT2D eigenvalue weighted by Crippen LogP contribution is -2.47. The summed E-state index contributed by atoms with van der Waals surface area (Å²) < 4.78 is 30.1. The number of furan rings is 1. The quantitative estimate of drug-likeness (QED) is 0.871. The summed E-state index contributed by atoms with van der Waals surface area (Å²) in [6.07, 6.45) is 2.99. The van der Waals surface area contributed by atoms with E-state index in [1.165, 1.54) is 18.4 Å². The molecule has 1 fully saturated rings. The Bertz CT molecular complexity index is 493. The van der Waals surface area contributed by atoms with Gasteiger partial charge in [-0.25, -0.2) is 8.42 Å². The lowest BCUT2D eigenvalue weighted by Gasteiger charge is -2.30. The second kappa shape index (κ2) is 4.50. The van der Waals surface area contributed by atoms with Crippen molar-refractivity contribution < 1.29 is 22.7 Å². The van der Waals surface area contributed by atoms with Crippen LogP contribution in [-0.2, 0) is 14.8 Å². The molecule has 1 unspecified atom stereocenters. The molecule has 0 spiro atoms. The number of hydrogen-bond donors (Lipinski definition) is 1. The predicted octanol–water partition coefficient (Wildman–Crippen LogP) is 0.907. The third-order valence-electron chi connectivity index (χ3n) is 2.80. The van der Waals surface area contributed by atoms with E-state index in [9.17, 15) is 13.2 Å². The van der Waals surface area contributed by atoms with E-state index in [2.05, 4.69) is 0 Å². The van der Waals surface area contributed by atoms with Crippen LogP contribution in [0.5, 0.6) is 0 Å². The third kappa shape index (κ3) is 2.20. The fraction of sp³-hybridized carbons (Fsp3) is 0.500. The first kappa shape index (κ1) is 12.1. The summed E-state index contributed by atoms with van der Waals surface area (Å²) in [7, 11) is -3.83. The van der Waals surface area contributed by atoms with Crippen molar-refractivity contribution in [3.05, 3.63) is 18.4 Å². The average Bonchev–Trinajstić information content (AvgIpc) is 2.83. The van der Waals surface area contributed by atoms with Gasteiger partial charge in [0.1, 0.15) is 6.04 Å². The molecule has 0 saturated carbocycles. The fourth-order valence-electron chi connectivity index (χ4n) is 1.97. The van der Waals surface area contributed by atoms with Gasteiger partial charge in [-0.2, -0.15) is 4.31 Å². The third-order valence-corrected chi connectivity index (χ3v) is 4.59. The van der Waals surface area contributed by atoms with Crippen LogP contribution in [0.25, 0.3) is 0 Å². The Morgan fingerprint density at radius 1 is 1.47 bits per heavy atom. The molecule has 7 heteroatoms. The molecule has 0 aromatic carbocycles. The molecule has 1 aromatic heterocycles. The van der Waals surface area contributed by atoms with E-state index in [0.717, 1.165) is 10.7 Å². The van der Waals surface area contributed by atoms with Gasteiger partial charge in [-0.3, -0.25) is 4.79 Å². The summed E-state index contributed by atoms with van der Waals surface area (Å²) in [6, 6.07) is 1.80. The first-order valence-corrected chi connectivity index (χ1v) is 6.75. The molecule has 17 heavy (non-hydrogen) atoms. The van der Waals surface area contributed by atoms with Crippen LogP contribution in [0.4, 0.5) is 0 Å². The second-order valence-electron chi connectivity index (χ2n) is 3.90. The largest absolute Gasteiger partial charge is 0.480 e. The number of carboxylic acids is 1. The second-order valence-corrected chi connectivity index (χ2v) is 5.72. The molecule has 1 atom stereocenters. The maximum atomic E-state index is 12.1. The van der Waals surface area contributed by atoms with Crippen molar-refractivity contribution in [1.29, 1.82) is 0 Å². The fourth-order valence-corrected chi connectivity index (χ4v) is 3.52. The van der Waals surface area contributed by atoms with E-state index >= 15 is 0 Å². The average molecular weight is 259 g/mol. The van der Waals surface area contributed by atoms with Gasteiger partial charge in [0.05, 0.1) is 6.26 Å². The van der Waals surface area contributed by atoms with Gasteiger partial charge >= 0.3 is 5.97 Å². The van der Waals surface area contributed by atoms with Crippen molar-refractivity contribution in [2.45, 2.75) is 30.4 Å². The monoisotopic (exact) mass is 259 g/mol. The van der Waals surface area contributed by atoms with Crippen molar-refractivity contribution in [3.8, 4) is 0 Å². The maximum absolute atomic E-state index is 12.1. The Morgan fingerprint density at radius 3 is 2.82 bits per heavy atom. The van der Waals surface area contributed by atoms with Crippen molar-refractivity contribution >= 4 is 16.0 Å². The number of carbonyl (C=O) groups is 1. The molecule has 6 nitrogen and oxygen atoms in total. The van der Waals surface area contributed by atoms with Crippen LogP contribution < -0.4 is 0 Å². The number of carboxylic acid groups (broad SMARTS) is 1. The van der Waals surface area contributed by atoms with E-state index in [-0.39, 0.29) is 11.6 Å². The smallest absolute Gasteiger partial charge is 0.322 e. The van der Waals surface area contributed by atoms with Crippen LogP contribution in [0.3, 0.4) is 0 Å². The Balaban J connectivity index is 2.34. The lowest BCUT2D eigenvalue weighted by molar-refractivity contribution is -0.142. The molecule has 1 N–H and O–H groups in total. The van der Waals surface area contributed by atoms with Gasteiger partial charge in [0.2, 0.25) is 5.09 Å². The molecule has 0 radical (unpaired) electrons. The van der Waals surface area contributed by atoms with Crippen LogP contribution >= 0.6 is 0 Å². The molecule has 94 valence electrons. The minimum atomic E-state index is -3.83. The van der Waals surface area contributed by atoms with Crippen molar-refractivity contribution in [1.82, 2.24) is 4.31 Å². The van der Waals surface area contributed by atoms with Gasteiger partial charge in [-0.15, -0.1) is 0 Å². The van der Waals surface area contributed by atoms with Crippen LogP contribution in [0.15, 0.2) is 27.9 Å². The summed E-state index contributed by atoms with van der Waals surface area (Å²) in [5.41, 5.74) is 0. The minimum Gasteiger partial charge on any atom is -0.480 e. The SMILES string of the molecule is O=C(O)C1CCCCN1S(=O)(=O)c1ccco1. The molecule has 1 saturated heterocycles. The maximum Gasteiger partial charge on any atom is 0.322 e. The summed E-state index contributed by atoms with van der Waals surface area (Å²) in [6.45, 7) is 0.222. The van der Waals surface area contributed by atoms with Crippen LogP contribution in [0, 0.1) is 0 Å². The standard InChI is InChI=1S/C10H13NO5S/c12-10(13)8-4-1-2-6-11(8)17(14,15)9-5-3-7-16-9/h3,5,7-8H,1-2,4,6H2,(H,12,13). The number of rotatable bonds is 3.